The zero-order valence-electron chi connectivity index (χ0n) is 15.9. The van der Waals surface area contributed by atoms with Gasteiger partial charge in [0.15, 0.2) is 0 Å². The molecule has 4 rings (SSSR count). The van der Waals surface area contributed by atoms with E-state index in [1.807, 2.05) is 26.0 Å². The first-order valence-electron chi connectivity index (χ1n) is 9.26. The minimum Gasteiger partial charge on any atom is -0.297 e. The molecule has 1 aromatic heterocycles. The van der Waals surface area contributed by atoms with Crippen LogP contribution in [0.2, 0.25) is 5.02 Å². The van der Waals surface area contributed by atoms with Gasteiger partial charge in [-0.15, -0.1) is 0 Å². The van der Waals surface area contributed by atoms with Gasteiger partial charge in [-0.25, -0.2) is 8.42 Å². The number of carbonyl (C=O) groups is 1. The van der Waals surface area contributed by atoms with Gasteiger partial charge >= 0.3 is 0 Å². The molecule has 2 aromatic rings. The van der Waals surface area contributed by atoms with E-state index in [-0.39, 0.29) is 18.2 Å². The standard InChI is InChI=1S/C20H22ClN3O3S/c1-20(2)18-10-15(21)5-6-17(18)19(25)24(20)16-9-14(11-22-12-16)13-23-7-3-4-8-28(23,26)27/h5-6,9-12H,3-4,7-8,13H2,1-2H3. The fraction of sp³-hybridized carbons (Fsp3) is 0.400. The van der Waals surface area contributed by atoms with E-state index in [0.717, 1.165) is 17.5 Å². The van der Waals surface area contributed by atoms with Gasteiger partial charge in [-0.2, -0.15) is 4.31 Å². The Morgan fingerprint density at radius 2 is 1.96 bits per heavy atom. The SMILES string of the molecule is CC1(C)c2cc(Cl)ccc2C(=O)N1c1cncc(CN2CCCCS2(=O)=O)c1. The summed E-state index contributed by atoms with van der Waals surface area (Å²) >= 11 is 6.15. The molecule has 2 aliphatic rings. The summed E-state index contributed by atoms with van der Waals surface area (Å²) in [6, 6.07) is 7.14. The van der Waals surface area contributed by atoms with Crippen LogP contribution in [-0.4, -0.2) is 35.9 Å². The predicted octanol–water partition coefficient (Wildman–Crippen LogP) is 3.56. The lowest BCUT2D eigenvalue weighted by Gasteiger charge is -2.33. The highest BCUT2D eigenvalue weighted by Crippen LogP contribution is 2.42. The van der Waals surface area contributed by atoms with Crippen molar-refractivity contribution in [3.63, 3.8) is 0 Å². The molecule has 0 bridgehead atoms. The Balaban J connectivity index is 1.67. The lowest BCUT2D eigenvalue weighted by molar-refractivity contribution is 0.0982. The van der Waals surface area contributed by atoms with E-state index in [0.29, 0.717) is 29.2 Å². The Kier molecular flexibility index (Phi) is 4.72. The Hall–Kier alpha value is -1.96. The molecule has 1 fully saturated rings. The minimum absolute atomic E-state index is 0.110. The Morgan fingerprint density at radius 1 is 1.18 bits per heavy atom. The zero-order valence-corrected chi connectivity index (χ0v) is 17.4. The summed E-state index contributed by atoms with van der Waals surface area (Å²) in [6.07, 6.45) is 4.86. The number of anilines is 1. The van der Waals surface area contributed by atoms with Crippen LogP contribution in [0.1, 0.15) is 48.2 Å². The van der Waals surface area contributed by atoms with Crippen LogP contribution >= 0.6 is 11.6 Å². The molecule has 1 saturated heterocycles. The normalized spacial score (nSPS) is 21.0. The van der Waals surface area contributed by atoms with Crippen molar-refractivity contribution in [1.29, 1.82) is 0 Å². The lowest BCUT2D eigenvalue weighted by atomic mass is 9.93. The molecule has 0 N–H and O–H groups in total. The third-order valence-corrected chi connectivity index (χ3v) is 7.62. The molecule has 0 saturated carbocycles. The molecule has 0 aliphatic carbocycles. The number of amides is 1. The molecule has 8 heteroatoms. The van der Waals surface area contributed by atoms with Crippen molar-refractivity contribution < 1.29 is 13.2 Å². The number of rotatable bonds is 3. The minimum atomic E-state index is -3.23. The van der Waals surface area contributed by atoms with Crippen molar-refractivity contribution in [1.82, 2.24) is 9.29 Å². The van der Waals surface area contributed by atoms with E-state index >= 15 is 0 Å². The van der Waals surface area contributed by atoms with Gasteiger partial charge in [-0.3, -0.25) is 14.7 Å². The Bertz CT molecular complexity index is 1050. The van der Waals surface area contributed by atoms with E-state index in [1.165, 1.54) is 4.31 Å². The molecule has 0 unspecified atom stereocenters. The average molecular weight is 420 g/mol. The van der Waals surface area contributed by atoms with Crippen LogP contribution in [0, 0.1) is 0 Å². The van der Waals surface area contributed by atoms with Gasteiger partial charge in [0, 0.05) is 29.9 Å². The van der Waals surface area contributed by atoms with E-state index in [2.05, 4.69) is 4.98 Å². The van der Waals surface area contributed by atoms with Crippen molar-refractivity contribution in [2.75, 3.05) is 17.2 Å². The van der Waals surface area contributed by atoms with Crippen LogP contribution < -0.4 is 4.90 Å². The number of hydrogen-bond donors (Lipinski definition) is 0. The third kappa shape index (κ3) is 3.21. The molecule has 6 nitrogen and oxygen atoms in total. The molecule has 3 heterocycles. The summed E-state index contributed by atoms with van der Waals surface area (Å²) in [4.78, 5) is 19.1. The number of halogens is 1. The number of fused-ring (bicyclic) bond motifs is 1. The molecule has 0 atom stereocenters. The van der Waals surface area contributed by atoms with Gasteiger partial charge in [0.25, 0.3) is 5.91 Å². The van der Waals surface area contributed by atoms with Crippen LogP contribution in [-0.2, 0) is 22.1 Å². The summed E-state index contributed by atoms with van der Waals surface area (Å²) in [5, 5.41) is 0.587. The highest BCUT2D eigenvalue weighted by atomic mass is 35.5. The molecule has 0 spiro atoms. The van der Waals surface area contributed by atoms with E-state index in [9.17, 15) is 13.2 Å². The summed E-state index contributed by atoms with van der Waals surface area (Å²) in [7, 11) is -3.23. The Morgan fingerprint density at radius 3 is 2.71 bits per heavy atom. The maximum atomic E-state index is 13.1. The van der Waals surface area contributed by atoms with Crippen LogP contribution in [0.15, 0.2) is 36.7 Å². The maximum absolute atomic E-state index is 13.1. The smallest absolute Gasteiger partial charge is 0.259 e. The van der Waals surface area contributed by atoms with Crippen molar-refractivity contribution in [2.45, 2.75) is 38.8 Å². The largest absolute Gasteiger partial charge is 0.297 e. The molecular formula is C20H22ClN3O3S. The zero-order chi connectivity index (χ0) is 20.1. The first kappa shape index (κ1) is 19.4. The van der Waals surface area contributed by atoms with Crippen LogP contribution in [0.25, 0.3) is 0 Å². The first-order valence-corrected chi connectivity index (χ1v) is 11.3. The molecule has 1 aromatic carbocycles. The van der Waals surface area contributed by atoms with Crippen LogP contribution in [0.3, 0.4) is 0 Å². The van der Waals surface area contributed by atoms with Crippen LogP contribution in [0.4, 0.5) is 5.69 Å². The topological polar surface area (TPSA) is 70.6 Å². The summed E-state index contributed by atoms with van der Waals surface area (Å²) < 4.78 is 26.1. The number of nitrogens with zero attached hydrogens (tertiary/aromatic N) is 3. The highest BCUT2D eigenvalue weighted by Gasteiger charge is 2.44. The van der Waals surface area contributed by atoms with E-state index in [4.69, 9.17) is 11.6 Å². The van der Waals surface area contributed by atoms with Gasteiger partial charge < -0.3 is 0 Å². The van der Waals surface area contributed by atoms with Crippen molar-refractivity contribution in [3.8, 4) is 0 Å². The van der Waals surface area contributed by atoms with Gasteiger partial charge in [-0.05, 0) is 62.1 Å². The highest BCUT2D eigenvalue weighted by molar-refractivity contribution is 7.89. The number of pyridine rings is 1. The quantitative estimate of drug-likeness (QED) is 0.762. The molecule has 2 aliphatic heterocycles. The maximum Gasteiger partial charge on any atom is 0.259 e. The molecule has 28 heavy (non-hydrogen) atoms. The third-order valence-electron chi connectivity index (χ3n) is 5.48. The number of aromatic nitrogens is 1. The molecule has 148 valence electrons. The fourth-order valence-electron chi connectivity index (χ4n) is 4.05. The van der Waals surface area contributed by atoms with Gasteiger partial charge in [-0.1, -0.05) is 11.6 Å². The molecule has 0 radical (unpaired) electrons. The second kappa shape index (κ2) is 6.83. The van der Waals surface area contributed by atoms with Crippen molar-refractivity contribution in [3.05, 3.63) is 58.4 Å². The van der Waals surface area contributed by atoms with Crippen molar-refractivity contribution >= 4 is 33.2 Å². The van der Waals surface area contributed by atoms with Crippen LogP contribution in [0.5, 0.6) is 0 Å². The fourth-order valence-corrected chi connectivity index (χ4v) is 5.80. The van der Waals surface area contributed by atoms with Gasteiger partial charge in [0.2, 0.25) is 10.0 Å². The lowest BCUT2D eigenvalue weighted by Crippen LogP contribution is -2.39. The predicted molar refractivity (Wildman–Crippen MR) is 109 cm³/mol. The molecule has 1 amide bonds. The van der Waals surface area contributed by atoms with E-state index < -0.39 is 15.6 Å². The summed E-state index contributed by atoms with van der Waals surface area (Å²) in [6.45, 7) is 4.72. The Labute approximate surface area is 170 Å². The summed E-state index contributed by atoms with van der Waals surface area (Å²) in [5.41, 5.74) is 2.32. The summed E-state index contributed by atoms with van der Waals surface area (Å²) in [5.74, 6) is 0.0783. The van der Waals surface area contributed by atoms with E-state index in [1.54, 1.807) is 29.4 Å². The van der Waals surface area contributed by atoms with Crippen molar-refractivity contribution in [2.24, 2.45) is 0 Å². The number of benzene rings is 1. The number of sulfonamides is 1. The monoisotopic (exact) mass is 419 g/mol. The first-order chi connectivity index (χ1) is 13.2. The average Bonchev–Trinajstić information content (AvgIpc) is 2.82. The second-order valence-electron chi connectivity index (χ2n) is 7.80. The number of carbonyl (C=O) groups excluding carboxylic acids is 1. The molecular weight excluding hydrogens is 398 g/mol. The second-order valence-corrected chi connectivity index (χ2v) is 10.3. The van der Waals surface area contributed by atoms with Gasteiger partial charge in [0.1, 0.15) is 0 Å². The number of hydrogen-bond acceptors (Lipinski definition) is 4. The van der Waals surface area contributed by atoms with Gasteiger partial charge in [0.05, 0.1) is 23.2 Å².